The van der Waals surface area contributed by atoms with E-state index >= 15 is 0 Å². The predicted octanol–water partition coefficient (Wildman–Crippen LogP) is 2.21. The molecular formula is C13H10N4O. The van der Waals surface area contributed by atoms with Gasteiger partial charge >= 0.3 is 0 Å². The first kappa shape index (κ1) is 10.5. The quantitative estimate of drug-likeness (QED) is 0.719. The molecule has 1 amide bonds. The molecule has 0 saturated heterocycles. The summed E-state index contributed by atoms with van der Waals surface area (Å²) in [5.74, 6) is -0.156. The smallest absolute Gasteiger partial charge is 0.255 e. The highest BCUT2D eigenvalue weighted by molar-refractivity contribution is 6.04. The Hall–Kier alpha value is -2.69. The summed E-state index contributed by atoms with van der Waals surface area (Å²) in [6.45, 7) is 0. The maximum atomic E-state index is 11.9. The summed E-state index contributed by atoms with van der Waals surface area (Å²) in [6, 6.07) is 8.87. The molecule has 1 aromatic carbocycles. The van der Waals surface area contributed by atoms with Crippen LogP contribution in [0.25, 0.3) is 11.0 Å². The van der Waals surface area contributed by atoms with Crippen LogP contribution in [0.2, 0.25) is 0 Å². The van der Waals surface area contributed by atoms with E-state index in [1.54, 1.807) is 30.9 Å². The Bertz CT molecular complexity index is 690. The van der Waals surface area contributed by atoms with Crippen LogP contribution in [0.15, 0.2) is 49.1 Å². The lowest BCUT2D eigenvalue weighted by Crippen LogP contribution is -2.11. The van der Waals surface area contributed by atoms with Crippen molar-refractivity contribution in [3.05, 3.63) is 54.6 Å². The summed E-state index contributed by atoms with van der Waals surface area (Å²) in [4.78, 5) is 22.9. The highest BCUT2D eigenvalue weighted by Gasteiger charge is 2.06. The molecule has 3 rings (SSSR count). The number of hydrogen-bond donors (Lipinski definition) is 2. The van der Waals surface area contributed by atoms with Crippen molar-refractivity contribution in [2.75, 3.05) is 5.32 Å². The number of rotatable bonds is 2. The van der Waals surface area contributed by atoms with Crippen LogP contribution in [0, 0.1) is 0 Å². The molecule has 5 heteroatoms. The van der Waals surface area contributed by atoms with Gasteiger partial charge in [-0.1, -0.05) is 0 Å². The number of carbonyl (C=O) groups excluding carboxylic acids is 1. The summed E-state index contributed by atoms with van der Waals surface area (Å²) < 4.78 is 0. The van der Waals surface area contributed by atoms with Crippen molar-refractivity contribution < 1.29 is 4.79 Å². The third-order valence-electron chi connectivity index (χ3n) is 2.62. The highest BCUT2D eigenvalue weighted by Crippen LogP contribution is 2.16. The van der Waals surface area contributed by atoms with Gasteiger partial charge in [0.05, 0.1) is 17.4 Å². The van der Waals surface area contributed by atoms with Crippen molar-refractivity contribution in [2.45, 2.75) is 0 Å². The van der Waals surface area contributed by atoms with Crippen LogP contribution in [0.4, 0.5) is 5.69 Å². The lowest BCUT2D eigenvalue weighted by molar-refractivity contribution is 0.102. The summed E-state index contributed by atoms with van der Waals surface area (Å²) in [5, 5.41) is 2.83. The second kappa shape index (κ2) is 4.29. The van der Waals surface area contributed by atoms with Crippen LogP contribution in [-0.4, -0.2) is 20.9 Å². The fourth-order valence-electron chi connectivity index (χ4n) is 1.72. The van der Waals surface area contributed by atoms with Crippen molar-refractivity contribution in [1.29, 1.82) is 0 Å². The van der Waals surface area contributed by atoms with E-state index in [4.69, 9.17) is 0 Å². The number of benzene rings is 1. The number of hydrogen-bond acceptors (Lipinski definition) is 3. The van der Waals surface area contributed by atoms with Gasteiger partial charge in [0.2, 0.25) is 0 Å². The number of amides is 1. The van der Waals surface area contributed by atoms with Gasteiger partial charge < -0.3 is 10.3 Å². The first-order valence-electron chi connectivity index (χ1n) is 5.47. The molecule has 2 heterocycles. The number of carbonyl (C=O) groups is 1. The van der Waals surface area contributed by atoms with Gasteiger partial charge in [0.15, 0.2) is 0 Å². The van der Waals surface area contributed by atoms with Crippen molar-refractivity contribution in [2.24, 2.45) is 0 Å². The third-order valence-corrected chi connectivity index (χ3v) is 2.62. The second-order valence-corrected chi connectivity index (χ2v) is 3.82. The van der Waals surface area contributed by atoms with E-state index in [9.17, 15) is 4.79 Å². The summed E-state index contributed by atoms with van der Waals surface area (Å²) in [7, 11) is 0. The topological polar surface area (TPSA) is 70.7 Å². The van der Waals surface area contributed by atoms with E-state index in [-0.39, 0.29) is 5.91 Å². The van der Waals surface area contributed by atoms with Gasteiger partial charge in [0.25, 0.3) is 5.91 Å². The lowest BCUT2D eigenvalue weighted by atomic mass is 10.2. The molecule has 0 saturated carbocycles. The largest absolute Gasteiger partial charge is 0.345 e. The van der Waals surface area contributed by atoms with Crippen molar-refractivity contribution in [1.82, 2.24) is 15.0 Å². The molecule has 0 radical (unpaired) electrons. The van der Waals surface area contributed by atoms with Gasteiger partial charge in [-0.15, -0.1) is 0 Å². The van der Waals surface area contributed by atoms with Crippen molar-refractivity contribution in [3.8, 4) is 0 Å². The number of anilines is 1. The van der Waals surface area contributed by atoms with Crippen LogP contribution in [0.5, 0.6) is 0 Å². The Balaban J connectivity index is 1.86. The average Bonchev–Trinajstić information content (AvgIpc) is 2.87. The molecule has 2 aromatic heterocycles. The van der Waals surface area contributed by atoms with E-state index in [0.29, 0.717) is 5.56 Å². The van der Waals surface area contributed by atoms with Crippen LogP contribution in [0.1, 0.15) is 10.4 Å². The van der Waals surface area contributed by atoms with Crippen LogP contribution in [0.3, 0.4) is 0 Å². The molecule has 0 aliphatic carbocycles. The normalized spacial score (nSPS) is 10.4. The standard InChI is InChI=1S/C13H10N4O/c18-13(9-3-5-14-6-4-9)17-10-1-2-11-12(7-10)16-8-15-11/h1-8H,(H,15,16)(H,17,18). The van der Waals surface area contributed by atoms with Gasteiger partial charge in [-0.2, -0.15) is 0 Å². The molecule has 0 aliphatic rings. The molecule has 0 bridgehead atoms. The molecule has 88 valence electrons. The van der Waals surface area contributed by atoms with Crippen LogP contribution < -0.4 is 5.32 Å². The van der Waals surface area contributed by atoms with Crippen molar-refractivity contribution >= 4 is 22.6 Å². The Morgan fingerprint density at radius 3 is 2.83 bits per heavy atom. The molecule has 2 N–H and O–H groups in total. The maximum absolute atomic E-state index is 11.9. The number of aromatic amines is 1. The molecule has 0 fully saturated rings. The molecule has 5 nitrogen and oxygen atoms in total. The monoisotopic (exact) mass is 238 g/mol. The molecule has 3 aromatic rings. The summed E-state index contributed by atoms with van der Waals surface area (Å²) in [6.07, 6.45) is 4.80. The molecule has 18 heavy (non-hydrogen) atoms. The number of fused-ring (bicyclic) bond motifs is 1. The zero-order valence-corrected chi connectivity index (χ0v) is 9.42. The number of aromatic nitrogens is 3. The van der Waals surface area contributed by atoms with Gasteiger partial charge in [-0.3, -0.25) is 9.78 Å². The molecule has 0 spiro atoms. The molecule has 0 aliphatic heterocycles. The zero-order valence-electron chi connectivity index (χ0n) is 9.42. The van der Waals surface area contributed by atoms with Gasteiger partial charge in [-0.25, -0.2) is 4.98 Å². The fourth-order valence-corrected chi connectivity index (χ4v) is 1.72. The number of nitrogens with zero attached hydrogens (tertiary/aromatic N) is 2. The zero-order chi connectivity index (χ0) is 12.4. The first-order chi connectivity index (χ1) is 8.83. The van der Waals surface area contributed by atoms with Gasteiger partial charge in [0.1, 0.15) is 0 Å². The Kier molecular flexibility index (Phi) is 2.49. The average molecular weight is 238 g/mol. The van der Waals surface area contributed by atoms with E-state index in [2.05, 4.69) is 20.3 Å². The fraction of sp³-hybridized carbons (Fsp3) is 0. The third kappa shape index (κ3) is 1.93. The number of nitrogens with one attached hydrogen (secondary N) is 2. The number of pyridine rings is 1. The minimum absolute atomic E-state index is 0.156. The minimum atomic E-state index is -0.156. The summed E-state index contributed by atoms with van der Waals surface area (Å²) >= 11 is 0. The van der Waals surface area contributed by atoms with Gasteiger partial charge in [-0.05, 0) is 30.3 Å². The number of imidazole rings is 1. The molecular weight excluding hydrogens is 228 g/mol. The van der Waals surface area contributed by atoms with E-state index < -0.39 is 0 Å². The predicted molar refractivity (Wildman–Crippen MR) is 68.3 cm³/mol. The SMILES string of the molecule is O=C(Nc1ccc2nc[nH]c2c1)c1ccncc1. The first-order valence-corrected chi connectivity index (χ1v) is 5.47. The van der Waals surface area contributed by atoms with E-state index in [0.717, 1.165) is 16.7 Å². The second-order valence-electron chi connectivity index (χ2n) is 3.82. The van der Waals surface area contributed by atoms with E-state index in [1.165, 1.54) is 0 Å². The van der Waals surface area contributed by atoms with E-state index in [1.807, 2.05) is 18.2 Å². The Morgan fingerprint density at radius 1 is 1.17 bits per heavy atom. The number of H-pyrrole nitrogens is 1. The van der Waals surface area contributed by atoms with Gasteiger partial charge in [0, 0.05) is 23.6 Å². The highest BCUT2D eigenvalue weighted by atomic mass is 16.1. The molecule has 0 atom stereocenters. The molecule has 0 unspecified atom stereocenters. The summed E-state index contributed by atoms with van der Waals surface area (Å²) in [5.41, 5.74) is 3.07. The Labute approximate surface area is 103 Å². The van der Waals surface area contributed by atoms with Crippen LogP contribution >= 0.6 is 0 Å². The van der Waals surface area contributed by atoms with Crippen LogP contribution in [-0.2, 0) is 0 Å². The minimum Gasteiger partial charge on any atom is -0.345 e. The van der Waals surface area contributed by atoms with Crippen molar-refractivity contribution in [3.63, 3.8) is 0 Å². The lowest BCUT2D eigenvalue weighted by Gasteiger charge is -2.04. The maximum Gasteiger partial charge on any atom is 0.255 e. The Morgan fingerprint density at radius 2 is 2.00 bits per heavy atom.